The molecule has 1 aliphatic heterocycles. The van der Waals surface area contributed by atoms with E-state index in [1.807, 2.05) is 30.0 Å². The van der Waals surface area contributed by atoms with Crippen LogP contribution in [-0.4, -0.2) is 10.2 Å². The van der Waals surface area contributed by atoms with Crippen molar-refractivity contribution in [1.29, 1.82) is 0 Å². The standard InChI is InChI=1S/C24H23NO2S2/c26-24-25-23-22(29-24)19(20-16-6-7-17(12-16)21(20)28-23)15-8-10-18(11-9-15)27-13-14-4-2-1-3-5-14/h1-5,8-11,16-17,19-21H,6-7,12-13H2,(H,25,26)/t16-,17-,19+,20-,21-/m0/s1. The Morgan fingerprint density at radius 3 is 2.62 bits per heavy atom. The quantitative estimate of drug-likeness (QED) is 0.590. The number of aromatic amines is 1. The van der Waals surface area contributed by atoms with Crippen molar-refractivity contribution in [3.05, 3.63) is 80.3 Å². The highest BCUT2D eigenvalue weighted by Gasteiger charge is 2.54. The van der Waals surface area contributed by atoms with Gasteiger partial charge >= 0.3 is 4.87 Å². The summed E-state index contributed by atoms with van der Waals surface area (Å²) >= 11 is 3.37. The topological polar surface area (TPSA) is 42.1 Å². The molecular formula is C24H23NO2S2. The lowest BCUT2D eigenvalue weighted by atomic mass is 9.75. The van der Waals surface area contributed by atoms with Crippen molar-refractivity contribution in [1.82, 2.24) is 4.98 Å². The normalized spacial score (nSPS) is 29.4. The van der Waals surface area contributed by atoms with E-state index in [9.17, 15) is 4.79 Å². The molecule has 6 rings (SSSR count). The van der Waals surface area contributed by atoms with E-state index >= 15 is 0 Å². The Morgan fingerprint density at radius 1 is 1.00 bits per heavy atom. The first-order valence-electron chi connectivity index (χ1n) is 10.4. The third kappa shape index (κ3) is 3.06. The number of thiazole rings is 1. The summed E-state index contributed by atoms with van der Waals surface area (Å²) in [6.07, 6.45) is 4.09. The number of ether oxygens (including phenoxy) is 1. The molecule has 0 spiro atoms. The number of nitrogens with one attached hydrogen (secondary N) is 1. The summed E-state index contributed by atoms with van der Waals surface area (Å²) in [5.41, 5.74) is 2.50. The summed E-state index contributed by atoms with van der Waals surface area (Å²) < 4.78 is 5.99. The van der Waals surface area contributed by atoms with E-state index in [4.69, 9.17) is 4.74 Å². The van der Waals surface area contributed by atoms with Gasteiger partial charge in [-0.3, -0.25) is 4.79 Å². The zero-order chi connectivity index (χ0) is 19.4. The molecule has 0 saturated heterocycles. The number of fused-ring (bicyclic) bond motifs is 6. The molecule has 2 aromatic carbocycles. The Bertz CT molecular complexity index is 1070. The fourth-order valence-electron chi connectivity index (χ4n) is 5.73. The van der Waals surface area contributed by atoms with Crippen LogP contribution in [-0.2, 0) is 6.61 Å². The van der Waals surface area contributed by atoms with Crippen molar-refractivity contribution in [3.63, 3.8) is 0 Å². The Labute approximate surface area is 178 Å². The van der Waals surface area contributed by atoms with Crippen molar-refractivity contribution in [2.75, 3.05) is 0 Å². The number of thioether (sulfide) groups is 1. The maximum atomic E-state index is 12.1. The lowest BCUT2D eigenvalue weighted by Gasteiger charge is -2.40. The number of aromatic nitrogens is 1. The Morgan fingerprint density at radius 2 is 1.79 bits per heavy atom. The number of H-pyrrole nitrogens is 1. The van der Waals surface area contributed by atoms with E-state index in [-0.39, 0.29) is 4.87 Å². The first-order chi connectivity index (χ1) is 14.3. The number of benzene rings is 2. The van der Waals surface area contributed by atoms with Crippen molar-refractivity contribution in [2.24, 2.45) is 17.8 Å². The fraction of sp³-hybridized carbons (Fsp3) is 0.375. The first-order valence-corrected chi connectivity index (χ1v) is 12.1. The minimum absolute atomic E-state index is 0.0858. The summed E-state index contributed by atoms with van der Waals surface area (Å²) in [7, 11) is 0. The molecule has 148 valence electrons. The molecule has 2 aliphatic carbocycles. The number of rotatable bonds is 4. The molecule has 5 atom stereocenters. The van der Waals surface area contributed by atoms with E-state index in [1.54, 1.807) is 0 Å². The zero-order valence-electron chi connectivity index (χ0n) is 16.0. The smallest absolute Gasteiger partial charge is 0.305 e. The van der Waals surface area contributed by atoms with Crippen LogP contribution in [0.15, 0.2) is 64.4 Å². The first kappa shape index (κ1) is 17.8. The maximum absolute atomic E-state index is 12.1. The molecule has 2 bridgehead atoms. The molecule has 1 N–H and O–H groups in total. The Kier molecular flexibility index (Phi) is 4.35. The van der Waals surface area contributed by atoms with Gasteiger partial charge in [-0.2, -0.15) is 0 Å². The molecule has 0 unspecified atom stereocenters. The van der Waals surface area contributed by atoms with Crippen LogP contribution >= 0.6 is 23.1 Å². The summed E-state index contributed by atoms with van der Waals surface area (Å²) in [6.45, 7) is 0.582. The van der Waals surface area contributed by atoms with E-state index in [1.165, 1.54) is 46.6 Å². The summed E-state index contributed by atoms with van der Waals surface area (Å²) in [5, 5.41) is 1.79. The monoisotopic (exact) mass is 421 g/mol. The van der Waals surface area contributed by atoms with Gasteiger partial charge in [0.2, 0.25) is 0 Å². The van der Waals surface area contributed by atoms with Gasteiger partial charge in [-0.15, -0.1) is 11.8 Å². The molecule has 2 saturated carbocycles. The average Bonchev–Trinajstić information content (AvgIpc) is 3.46. The van der Waals surface area contributed by atoms with E-state index in [0.29, 0.717) is 23.7 Å². The highest BCUT2D eigenvalue weighted by Crippen LogP contribution is 2.63. The van der Waals surface area contributed by atoms with Crippen LogP contribution in [0.25, 0.3) is 0 Å². The van der Waals surface area contributed by atoms with Gasteiger partial charge in [-0.25, -0.2) is 0 Å². The van der Waals surface area contributed by atoms with Gasteiger partial charge in [-0.05, 0) is 60.3 Å². The highest BCUT2D eigenvalue weighted by molar-refractivity contribution is 8.00. The molecule has 0 amide bonds. The molecule has 3 nitrogen and oxygen atoms in total. The van der Waals surface area contributed by atoms with Crippen LogP contribution in [0, 0.1) is 17.8 Å². The average molecular weight is 422 g/mol. The highest BCUT2D eigenvalue weighted by atomic mass is 32.2. The largest absolute Gasteiger partial charge is 0.489 e. The fourth-order valence-corrected chi connectivity index (χ4v) is 8.63. The van der Waals surface area contributed by atoms with Gasteiger partial charge in [-0.1, -0.05) is 53.8 Å². The second kappa shape index (κ2) is 7.06. The molecule has 29 heavy (non-hydrogen) atoms. The Hall–Kier alpha value is -1.98. The van der Waals surface area contributed by atoms with E-state index < -0.39 is 0 Å². The van der Waals surface area contributed by atoms with E-state index in [0.717, 1.165) is 22.6 Å². The molecule has 2 fully saturated rings. The molecule has 2 heterocycles. The van der Waals surface area contributed by atoms with Gasteiger partial charge < -0.3 is 9.72 Å². The van der Waals surface area contributed by atoms with Crippen molar-refractivity contribution in [2.45, 2.75) is 42.1 Å². The van der Waals surface area contributed by atoms with Crippen molar-refractivity contribution < 1.29 is 4.74 Å². The van der Waals surface area contributed by atoms with Gasteiger partial charge in [0.1, 0.15) is 12.4 Å². The van der Waals surface area contributed by atoms with E-state index in [2.05, 4.69) is 41.4 Å². The van der Waals surface area contributed by atoms with Crippen molar-refractivity contribution >= 4 is 23.1 Å². The van der Waals surface area contributed by atoms with Crippen LogP contribution < -0.4 is 9.61 Å². The van der Waals surface area contributed by atoms with Gasteiger partial charge in [0.15, 0.2) is 0 Å². The SMILES string of the molecule is O=c1[nH]c2c(s1)[C@H](c1ccc(OCc3ccccc3)cc1)[C@@H]1[C@H]3CC[C@@H](C3)[C@@H]1S2. The maximum Gasteiger partial charge on any atom is 0.305 e. The van der Waals surface area contributed by atoms with Gasteiger partial charge in [0.25, 0.3) is 0 Å². The predicted molar refractivity (Wildman–Crippen MR) is 118 cm³/mol. The van der Waals surface area contributed by atoms with Crippen LogP contribution in [0.1, 0.15) is 41.2 Å². The minimum atomic E-state index is 0.0858. The molecule has 3 aromatic rings. The van der Waals surface area contributed by atoms with Crippen molar-refractivity contribution in [3.8, 4) is 5.75 Å². The van der Waals surface area contributed by atoms with Crippen LogP contribution in [0.4, 0.5) is 0 Å². The predicted octanol–water partition coefficient (Wildman–Crippen LogP) is 5.67. The zero-order valence-corrected chi connectivity index (χ0v) is 17.7. The molecule has 0 radical (unpaired) electrons. The lowest BCUT2D eigenvalue weighted by molar-refractivity contribution is 0.302. The summed E-state index contributed by atoms with van der Waals surface area (Å²) in [6, 6.07) is 18.9. The third-order valence-electron chi connectivity index (χ3n) is 6.95. The summed E-state index contributed by atoms with van der Waals surface area (Å²) in [4.78, 5) is 16.6. The molecule has 5 heteroatoms. The minimum Gasteiger partial charge on any atom is -0.489 e. The number of hydrogen-bond donors (Lipinski definition) is 1. The third-order valence-corrected chi connectivity index (χ3v) is 9.58. The van der Waals surface area contributed by atoms with Gasteiger partial charge in [0, 0.05) is 16.0 Å². The van der Waals surface area contributed by atoms with Crippen LogP contribution in [0.3, 0.4) is 0 Å². The number of hydrogen-bond acceptors (Lipinski definition) is 4. The molecular weight excluding hydrogens is 398 g/mol. The Balaban J connectivity index is 1.30. The second-order valence-corrected chi connectivity index (χ2v) is 10.7. The van der Waals surface area contributed by atoms with Crippen LogP contribution in [0.5, 0.6) is 5.75 Å². The molecule has 3 aliphatic rings. The van der Waals surface area contributed by atoms with Crippen LogP contribution in [0.2, 0.25) is 0 Å². The lowest BCUT2D eigenvalue weighted by Crippen LogP contribution is -2.33. The summed E-state index contributed by atoms with van der Waals surface area (Å²) in [5.74, 6) is 3.53. The van der Waals surface area contributed by atoms with Gasteiger partial charge in [0.05, 0.1) is 5.03 Å². The second-order valence-electron chi connectivity index (χ2n) is 8.52. The molecule has 1 aromatic heterocycles.